The third-order valence-electron chi connectivity index (χ3n) is 5.62. The molecule has 3 aromatic rings. The van der Waals surface area contributed by atoms with Gasteiger partial charge in [0.25, 0.3) is 11.8 Å². The van der Waals surface area contributed by atoms with Gasteiger partial charge < -0.3 is 10.6 Å². The highest BCUT2D eigenvalue weighted by molar-refractivity contribution is 8.02. The molecule has 0 saturated carbocycles. The number of hydrogen-bond donors (Lipinski definition) is 2. The van der Waals surface area contributed by atoms with Gasteiger partial charge in [0.05, 0.1) is 11.3 Å². The second kappa shape index (κ2) is 8.12. The van der Waals surface area contributed by atoms with E-state index in [9.17, 15) is 14.4 Å². The molecule has 32 heavy (non-hydrogen) atoms. The van der Waals surface area contributed by atoms with Gasteiger partial charge in [-0.05, 0) is 48.4 Å². The van der Waals surface area contributed by atoms with E-state index >= 15 is 0 Å². The van der Waals surface area contributed by atoms with Crippen molar-refractivity contribution in [1.29, 1.82) is 0 Å². The van der Waals surface area contributed by atoms with E-state index in [2.05, 4.69) is 15.6 Å². The Labute approximate surface area is 189 Å². The van der Waals surface area contributed by atoms with E-state index in [0.29, 0.717) is 30.6 Å². The van der Waals surface area contributed by atoms with Crippen molar-refractivity contribution in [3.63, 3.8) is 0 Å². The monoisotopic (exact) mass is 444 g/mol. The Kier molecular flexibility index (Phi) is 5.14. The minimum absolute atomic E-state index is 0.0219. The number of carbonyl (C=O) groups is 3. The molecule has 8 heteroatoms. The van der Waals surface area contributed by atoms with Crippen molar-refractivity contribution in [3.05, 3.63) is 84.2 Å². The fraction of sp³-hybridized carbons (Fsp3) is 0.167. The number of para-hydroxylation sites is 1. The number of anilines is 2. The quantitative estimate of drug-likeness (QED) is 0.628. The summed E-state index contributed by atoms with van der Waals surface area (Å²) in [4.78, 5) is 43.6. The van der Waals surface area contributed by atoms with Gasteiger partial charge in [-0.2, -0.15) is 0 Å². The van der Waals surface area contributed by atoms with E-state index < -0.39 is 4.87 Å². The first-order valence-corrected chi connectivity index (χ1v) is 11.1. The molecule has 0 aliphatic carbocycles. The van der Waals surface area contributed by atoms with E-state index in [1.54, 1.807) is 35.4 Å². The van der Waals surface area contributed by atoms with Crippen molar-refractivity contribution in [2.75, 3.05) is 10.2 Å². The summed E-state index contributed by atoms with van der Waals surface area (Å²) < 4.78 is 0. The number of amides is 3. The number of nitrogens with zero attached hydrogens (tertiary/aromatic N) is 2. The molecule has 0 radical (unpaired) electrons. The topological polar surface area (TPSA) is 91.4 Å². The molecule has 1 atom stereocenters. The van der Waals surface area contributed by atoms with E-state index in [4.69, 9.17) is 0 Å². The first-order chi connectivity index (χ1) is 15.6. The minimum atomic E-state index is -0.918. The molecule has 0 bridgehead atoms. The van der Waals surface area contributed by atoms with Gasteiger partial charge in [0.1, 0.15) is 0 Å². The summed E-state index contributed by atoms with van der Waals surface area (Å²) in [5.74, 6) is -0.424. The van der Waals surface area contributed by atoms with Crippen molar-refractivity contribution >= 4 is 40.9 Å². The Bertz CT molecular complexity index is 1200. The number of aromatic nitrogens is 1. The molecule has 1 aromatic heterocycles. The van der Waals surface area contributed by atoms with Crippen LogP contribution in [0.15, 0.2) is 78.0 Å². The largest absolute Gasteiger partial charge is 0.349 e. The Balaban J connectivity index is 1.24. The van der Waals surface area contributed by atoms with Gasteiger partial charge >= 0.3 is 0 Å². The van der Waals surface area contributed by atoms with Crippen LogP contribution in [0.5, 0.6) is 0 Å². The van der Waals surface area contributed by atoms with Crippen LogP contribution >= 0.6 is 11.8 Å². The number of benzene rings is 2. The minimum Gasteiger partial charge on any atom is -0.349 e. The third-order valence-corrected chi connectivity index (χ3v) is 7.09. The van der Waals surface area contributed by atoms with Crippen LogP contribution in [0.2, 0.25) is 0 Å². The van der Waals surface area contributed by atoms with Crippen molar-refractivity contribution in [2.45, 2.75) is 29.2 Å². The van der Waals surface area contributed by atoms with Gasteiger partial charge in [-0.1, -0.05) is 36.0 Å². The average molecular weight is 445 g/mol. The molecule has 2 N–H and O–H groups in total. The lowest BCUT2D eigenvalue weighted by atomic mass is 10.1. The predicted octanol–water partition coefficient (Wildman–Crippen LogP) is 3.58. The van der Waals surface area contributed by atoms with Crippen molar-refractivity contribution in [1.82, 2.24) is 10.3 Å². The summed E-state index contributed by atoms with van der Waals surface area (Å²) in [5, 5.41) is 5.82. The Hall–Kier alpha value is -3.65. The molecular weight excluding hydrogens is 424 g/mol. The molecular formula is C24H20N4O3S. The number of nitrogens with one attached hydrogen (secondary N) is 2. The zero-order valence-corrected chi connectivity index (χ0v) is 17.9. The van der Waals surface area contributed by atoms with Crippen molar-refractivity contribution in [2.24, 2.45) is 0 Å². The van der Waals surface area contributed by atoms with Crippen LogP contribution < -0.4 is 15.5 Å². The van der Waals surface area contributed by atoms with Gasteiger partial charge in [-0.25, -0.2) is 0 Å². The van der Waals surface area contributed by atoms with E-state index in [1.807, 2.05) is 36.4 Å². The lowest BCUT2D eigenvalue weighted by Crippen LogP contribution is -2.52. The smallest absolute Gasteiger partial charge is 0.257 e. The highest BCUT2D eigenvalue weighted by Crippen LogP contribution is 2.55. The molecule has 160 valence electrons. The maximum Gasteiger partial charge on any atom is 0.257 e. The number of fused-ring (bicyclic) bond motifs is 3. The number of thioether (sulfide) groups is 1. The van der Waals surface area contributed by atoms with E-state index in [-0.39, 0.29) is 17.7 Å². The summed E-state index contributed by atoms with van der Waals surface area (Å²) in [5.41, 5.74) is 2.84. The van der Waals surface area contributed by atoms with Crippen LogP contribution in [-0.2, 0) is 16.1 Å². The molecule has 3 amide bonds. The lowest BCUT2D eigenvalue weighted by molar-refractivity contribution is -0.124. The van der Waals surface area contributed by atoms with E-state index in [0.717, 1.165) is 16.1 Å². The molecule has 2 aliphatic heterocycles. The molecule has 1 unspecified atom stereocenters. The fourth-order valence-corrected chi connectivity index (χ4v) is 5.46. The van der Waals surface area contributed by atoms with Crippen LogP contribution in [0, 0.1) is 0 Å². The summed E-state index contributed by atoms with van der Waals surface area (Å²) in [7, 11) is 0. The summed E-state index contributed by atoms with van der Waals surface area (Å²) in [6, 6.07) is 18.3. The van der Waals surface area contributed by atoms with Gasteiger partial charge in [0.15, 0.2) is 4.87 Å². The molecule has 7 nitrogen and oxygen atoms in total. The molecule has 2 aliphatic rings. The van der Waals surface area contributed by atoms with Crippen LogP contribution in [0.25, 0.3) is 0 Å². The summed E-state index contributed by atoms with van der Waals surface area (Å²) >= 11 is 1.45. The second-order valence-electron chi connectivity index (χ2n) is 7.66. The first-order valence-electron chi connectivity index (χ1n) is 10.3. The highest BCUT2D eigenvalue weighted by Gasteiger charge is 2.57. The molecule has 0 spiro atoms. The maximum atomic E-state index is 13.2. The molecule has 3 heterocycles. The fourth-order valence-electron chi connectivity index (χ4n) is 4.03. The molecule has 2 aromatic carbocycles. The van der Waals surface area contributed by atoms with Gasteiger partial charge in [0, 0.05) is 35.9 Å². The normalized spacial score (nSPS) is 18.8. The third kappa shape index (κ3) is 3.52. The predicted molar refractivity (Wildman–Crippen MR) is 122 cm³/mol. The Morgan fingerprint density at radius 3 is 2.66 bits per heavy atom. The van der Waals surface area contributed by atoms with Gasteiger partial charge in [0.2, 0.25) is 5.91 Å². The SMILES string of the molecule is O=C(Nc1ccc(CNC(=O)C23CCC(=O)N2c2ccccc2S3)cc1)c1cccnc1. The average Bonchev–Trinajstić information content (AvgIpc) is 3.34. The number of hydrogen-bond acceptors (Lipinski definition) is 5. The highest BCUT2D eigenvalue weighted by atomic mass is 32.2. The second-order valence-corrected chi connectivity index (χ2v) is 8.98. The van der Waals surface area contributed by atoms with Crippen LogP contribution in [-0.4, -0.2) is 27.6 Å². The maximum absolute atomic E-state index is 13.2. The van der Waals surface area contributed by atoms with Crippen LogP contribution in [0.1, 0.15) is 28.8 Å². The van der Waals surface area contributed by atoms with Crippen LogP contribution in [0.3, 0.4) is 0 Å². The van der Waals surface area contributed by atoms with E-state index in [1.165, 1.54) is 18.0 Å². The van der Waals surface area contributed by atoms with Gasteiger partial charge in [-0.3, -0.25) is 24.3 Å². The Morgan fingerprint density at radius 1 is 1.06 bits per heavy atom. The zero-order valence-electron chi connectivity index (χ0n) is 17.1. The Morgan fingerprint density at radius 2 is 1.88 bits per heavy atom. The number of carbonyl (C=O) groups excluding carboxylic acids is 3. The summed E-state index contributed by atoms with van der Waals surface area (Å²) in [6.07, 6.45) is 3.97. The molecule has 1 fully saturated rings. The zero-order chi connectivity index (χ0) is 22.1. The van der Waals surface area contributed by atoms with Crippen molar-refractivity contribution in [3.8, 4) is 0 Å². The van der Waals surface area contributed by atoms with Gasteiger partial charge in [-0.15, -0.1) is 0 Å². The number of pyridine rings is 1. The van der Waals surface area contributed by atoms with Crippen molar-refractivity contribution < 1.29 is 14.4 Å². The lowest BCUT2D eigenvalue weighted by Gasteiger charge is -2.29. The standard InChI is InChI=1S/C24H20N4O3S/c29-21-11-12-24(28(21)19-5-1-2-6-20(19)32-24)23(31)26-14-16-7-9-18(10-8-16)27-22(30)17-4-3-13-25-15-17/h1-10,13,15H,11-12,14H2,(H,26,31)(H,27,30). The summed E-state index contributed by atoms with van der Waals surface area (Å²) in [6.45, 7) is 0.330. The molecule has 1 saturated heterocycles. The molecule has 5 rings (SSSR count). The number of rotatable bonds is 5. The van der Waals surface area contributed by atoms with Crippen LogP contribution in [0.4, 0.5) is 11.4 Å². The first kappa shape index (κ1) is 20.3.